The standard InChI is InChI=1S/C20H28O3/c1-19-5-3-11(21)7-10(19)8-15(22)16-14(19)4-6-20(2)17(16)12-9-13(12)18(20)23/h8,11-17,21-22H,3-7,9H2,1-2H3/t11-,12+,13-,14-,15+,16-,17-,19-,20-/m0/s1. The van der Waals surface area contributed by atoms with E-state index in [0.29, 0.717) is 29.5 Å². The summed E-state index contributed by atoms with van der Waals surface area (Å²) in [5.41, 5.74) is 1.23. The second kappa shape index (κ2) is 4.29. The highest BCUT2D eigenvalue weighted by atomic mass is 16.3. The molecule has 0 saturated heterocycles. The van der Waals surface area contributed by atoms with Gasteiger partial charge in [-0.05, 0) is 67.6 Å². The Balaban J connectivity index is 1.58. The average Bonchev–Trinajstić information content (AvgIpc) is 3.24. The largest absolute Gasteiger partial charge is 0.393 e. The molecule has 0 amide bonds. The normalized spacial score (nSPS) is 60.3. The van der Waals surface area contributed by atoms with Crippen LogP contribution in [0.15, 0.2) is 11.6 Å². The molecule has 5 aliphatic carbocycles. The zero-order valence-corrected chi connectivity index (χ0v) is 14.2. The van der Waals surface area contributed by atoms with Crippen LogP contribution in [-0.2, 0) is 4.79 Å². The summed E-state index contributed by atoms with van der Waals surface area (Å²) in [5, 5.41) is 21.0. The molecule has 5 rings (SSSR count). The van der Waals surface area contributed by atoms with Gasteiger partial charge >= 0.3 is 0 Å². The maximum absolute atomic E-state index is 12.8. The molecule has 0 spiro atoms. The minimum atomic E-state index is -0.426. The molecule has 0 bridgehead atoms. The first-order valence-electron chi connectivity index (χ1n) is 9.48. The average molecular weight is 316 g/mol. The van der Waals surface area contributed by atoms with E-state index in [2.05, 4.69) is 19.9 Å². The molecule has 0 unspecified atom stereocenters. The summed E-state index contributed by atoms with van der Waals surface area (Å²) in [6.45, 7) is 4.54. The van der Waals surface area contributed by atoms with E-state index in [0.717, 1.165) is 38.5 Å². The highest BCUT2D eigenvalue weighted by Crippen LogP contribution is 2.71. The molecule has 0 aromatic heterocycles. The highest BCUT2D eigenvalue weighted by molar-refractivity contribution is 5.92. The Kier molecular flexibility index (Phi) is 2.73. The van der Waals surface area contributed by atoms with Crippen LogP contribution in [-0.4, -0.2) is 28.2 Å². The fourth-order valence-corrected chi connectivity index (χ4v) is 7.28. The molecule has 3 heteroatoms. The second-order valence-electron chi connectivity index (χ2n) is 9.53. The number of hydrogen-bond donors (Lipinski definition) is 2. The summed E-state index contributed by atoms with van der Waals surface area (Å²) < 4.78 is 0. The molecule has 0 radical (unpaired) electrons. The van der Waals surface area contributed by atoms with Crippen molar-refractivity contribution in [3.63, 3.8) is 0 Å². The van der Waals surface area contributed by atoms with Crippen molar-refractivity contribution in [1.29, 1.82) is 0 Å². The number of hydrogen-bond acceptors (Lipinski definition) is 3. The minimum Gasteiger partial charge on any atom is -0.393 e. The third kappa shape index (κ3) is 1.66. The van der Waals surface area contributed by atoms with Gasteiger partial charge in [-0.1, -0.05) is 25.5 Å². The van der Waals surface area contributed by atoms with Gasteiger partial charge in [0.05, 0.1) is 12.2 Å². The van der Waals surface area contributed by atoms with E-state index < -0.39 is 6.10 Å². The Morgan fingerprint density at radius 2 is 1.87 bits per heavy atom. The summed E-state index contributed by atoms with van der Waals surface area (Å²) >= 11 is 0. The van der Waals surface area contributed by atoms with Gasteiger partial charge in [-0.25, -0.2) is 0 Å². The summed E-state index contributed by atoms with van der Waals surface area (Å²) in [6, 6.07) is 0. The number of aliphatic hydroxyl groups excluding tert-OH is 2. The summed E-state index contributed by atoms with van der Waals surface area (Å²) in [7, 11) is 0. The van der Waals surface area contributed by atoms with E-state index in [1.54, 1.807) is 0 Å². The van der Waals surface area contributed by atoms with Crippen LogP contribution in [0, 0.1) is 40.4 Å². The number of fused-ring (bicyclic) bond motifs is 7. The maximum atomic E-state index is 12.8. The quantitative estimate of drug-likeness (QED) is 0.676. The van der Waals surface area contributed by atoms with Gasteiger partial charge in [-0.3, -0.25) is 4.79 Å². The monoisotopic (exact) mass is 316 g/mol. The van der Waals surface area contributed by atoms with Gasteiger partial charge in [0, 0.05) is 11.3 Å². The molecule has 23 heavy (non-hydrogen) atoms. The van der Waals surface area contributed by atoms with Crippen molar-refractivity contribution < 1.29 is 15.0 Å². The van der Waals surface area contributed by atoms with Crippen LogP contribution in [0.3, 0.4) is 0 Å². The lowest BCUT2D eigenvalue weighted by Crippen LogP contribution is -2.55. The lowest BCUT2D eigenvalue weighted by molar-refractivity contribution is -0.140. The molecule has 5 aliphatic rings. The van der Waals surface area contributed by atoms with E-state index in [4.69, 9.17) is 0 Å². The highest BCUT2D eigenvalue weighted by Gasteiger charge is 2.71. The molecule has 126 valence electrons. The molecular weight excluding hydrogens is 288 g/mol. The molecule has 3 nitrogen and oxygen atoms in total. The van der Waals surface area contributed by atoms with Crippen molar-refractivity contribution in [3.8, 4) is 0 Å². The van der Waals surface area contributed by atoms with Crippen LogP contribution >= 0.6 is 0 Å². The van der Waals surface area contributed by atoms with Crippen LogP contribution in [0.4, 0.5) is 0 Å². The van der Waals surface area contributed by atoms with Gasteiger partial charge in [-0.15, -0.1) is 0 Å². The fourth-order valence-electron chi connectivity index (χ4n) is 7.28. The third-order valence-corrected chi connectivity index (χ3v) is 8.56. The zero-order valence-electron chi connectivity index (χ0n) is 14.2. The van der Waals surface area contributed by atoms with E-state index in [9.17, 15) is 15.0 Å². The first-order valence-corrected chi connectivity index (χ1v) is 9.48. The Morgan fingerprint density at radius 1 is 1.13 bits per heavy atom. The fraction of sp³-hybridized carbons (Fsp3) is 0.850. The van der Waals surface area contributed by atoms with Crippen LogP contribution < -0.4 is 0 Å². The summed E-state index contributed by atoms with van der Waals surface area (Å²) in [4.78, 5) is 12.8. The number of carbonyl (C=O) groups is 1. The Bertz CT molecular complexity index is 610. The molecule has 0 aromatic carbocycles. The van der Waals surface area contributed by atoms with E-state index >= 15 is 0 Å². The van der Waals surface area contributed by atoms with Crippen molar-refractivity contribution in [3.05, 3.63) is 11.6 Å². The summed E-state index contributed by atoms with van der Waals surface area (Å²) in [5.74, 6) is 2.46. The predicted molar refractivity (Wildman–Crippen MR) is 86.5 cm³/mol. The number of Topliss-reactive ketones (excluding diaryl/α,β-unsaturated/α-hetero) is 1. The smallest absolute Gasteiger partial charge is 0.142 e. The first-order chi connectivity index (χ1) is 10.9. The molecule has 0 aliphatic heterocycles. The second-order valence-corrected chi connectivity index (χ2v) is 9.53. The predicted octanol–water partition coefficient (Wildman–Crippen LogP) is 2.71. The third-order valence-electron chi connectivity index (χ3n) is 8.56. The van der Waals surface area contributed by atoms with Crippen molar-refractivity contribution in [2.45, 2.75) is 64.6 Å². The lowest BCUT2D eigenvalue weighted by atomic mass is 9.46. The van der Waals surface area contributed by atoms with E-state index in [1.807, 2.05) is 0 Å². The van der Waals surface area contributed by atoms with Crippen LogP contribution in [0.1, 0.15) is 52.4 Å². The summed E-state index contributed by atoms with van der Waals surface area (Å²) in [6.07, 6.45) is 7.16. The zero-order chi connectivity index (χ0) is 16.1. The van der Waals surface area contributed by atoms with Crippen LogP contribution in [0.2, 0.25) is 0 Å². The minimum absolute atomic E-state index is 0.125. The van der Waals surface area contributed by atoms with Crippen LogP contribution in [0.25, 0.3) is 0 Å². The van der Waals surface area contributed by atoms with Crippen molar-refractivity contribution >= 4 is 5.78 Å². The molecule has 9 atom stereocenters. The first kappa shape index (κ1) is 14.7. The Labute approximate surface area is 138 Å². The van der Waals surface area contributed by atoms with E-state index in [1.165, 1.54) is 5.57 Å². The van der Waals surface area contributed by atoms with Crippen molar-refractivity contribution in [2.24, 2.45) is 40.4 Å². The number of ketones is 1. The molecule has 0 aromatic rings. The Hall–Kier alpha value is -0.670. The SMILES string of the molecule is C[C@]12CC[C@H](O)CC1=C[C@@H](O)[C@H]1[C@@H]3[C@@H]4C[C@@H]4C(=O)[C@@]3(C)CC[C@@H]12. The van der Waals surface area contributed by atoms with Crippen molar-refractivity contribution in [2.75, 3.05) is 0 Å². The van der Waals surface area contributed by atoms with E-state index in [-0.39, 0.29) is 22.9 Å². The molecule has 0 heterocycles. The lowest BCUT2D eigenvalue weighted by Gasteiger charge is -2.58. The number of carbonyl (C=O) groups excluding carboxylic acids is 1. The molecular formula is C20H28O3. The van der Waals surface area contributed by atoms with Gasteiger partial charge < -0.3 is 10.2 Å². The maximum Gasteiger partial charge on any atom is 0.142 e. The van der Waals surface area contributed by atoms with Crippen LogP contribution in [0.5, 0.6) is 0 Å². The number of aliphatic hydroxyl groups is 2. The topological polar surface area (TPSA) is 57.5 Å². The molecule has 2 N–H and O–H groups in total. The van der Waals surface area contributed by atoms with Gasteiger partial charge in [0.1, 0.15) is 5.78 Å². The van der Waals surface area contributed by atoms with Gasteiger partial charge in [0.2, 0.25) is 0 Å². The van der Waals surface area contributed by atoms with Gasteiger partial charge in [-0.2, -0.15) is 0 Å². The molecule has 4 fully saturated rings. The number of rotatable bonds is 0. The Morgan fingerprint density at radius 3 is 2.65 bits per heavy atom. The van der Waals surface area contributed by atoms with Gasteiger partial charge in [0.15, 0.2) is 0 Å². The molecule has 4 saturated carbocycles. The van der Waals surface area contributed by atoms with Crippen molar-refractivity contribution in [1.82, 2.24) is 0 Å². The van der Waals surface area contributed by atoms with Gasteiger partial charge in [0.25, 0.3) is 0 Å².